The van der Waals surface area contributed by atoms with Crippen molar-refractivity contribution in [3.8, 4) is 0 Å². The number of carbonyl (C=O) groups excluding carboxylic acids is 1. The van der Waals surface area contributed by atoms with Crippen LogP contribution in [0.4, 0.5) is 17.6 Å². The highest BCUT2D eigenvalue weighted by molar-refractivity contribution is 5.49. The zero-order chi connectivity index (χ0) is 29.4. The van der Waals surface area contributed by atoms with E-state index in [2.05, 4.69) is 24.9 Å². The molecule has 0 atom stereocenters. The number of ether oxygens (including phenoxy) is 2. The molecule has 0 fully saturated rings. The SMILES string of the molecule is CC(F)F.CNCC(O)(O)N(C=O)Cc1cnn2cc(CN)nc2c1.COC.COC(C)(C)C(C)(F)F. The van der Waals surface area contributed by atoms with E-state index in [-0.39, 0.29) is 13.1 Å². The van der Waals surface area contributed by atoms with Crippen LogP contribution in [0.25, 0.3) is 5.65 Å². The van der Waals surface area contributed by atoms with Crippen LogP contribution in [0, 0.1) is 0 Å². The molecule has 0 saturated heterocycles. The highest BCUT2D eigenvalue weighted by atomic mass is 19.3. The van der Waals surface area contributed by atoms with Crippen LogP contribution < -0.4 is 11.1 Å². The van der Waals surface area contributed by atoms with Gasteiger partial charge in [0, 0.05) is 34.8 Å². The lowest BCUT2D eigenvalue weighted by atomic mass is 10.0. The van der Waals surface area contributed by atoms with E-state index < -0.39 is 23.9 Å². The molecule has 2 aromatic heterocycles. The van der Waals surface area contributed by atoms with Gasteiger partial charge in [0.15, 0.2) is 5.65 Å². The summed E-state index contributed by atoms with van der Waals surface area (Å²) in [7, 11) is 6.08. The second-order valence-electron chi connectivity index (χ2n) is 8.17. The number of hydrogen-bond acceptors (Lipinski definition) is 9. The first-order chi connectivity index (χ1) is 17.0. The number of halogens is 4. The number of methoxy groups -OCH3 is 2. The van der Waals surface area contributed by atoms with Gasteiger partial charge in [0.2, 0.25) is 12.8 Å². The summed E-state index contributed by atoms with van der Waals surface area (Å²) in [5.41, 5.74) is 6.05. The van der Waals surface area contributed by atoms with E-state index in [9.17, 15) is 32.6 Å². The van der Waals surface area contributed by atoms with Crippen LogP contribution in [-0.2, 0) is 27.4 Å². The van der Waals surface area contributed by atoms with Crippen LogP contribution in [0.1, 0.15) is 39.0 Å². The predicted octanol–water partition coefficient (Wildman–Crippen LogP) is 1.60. The summed E-state index contributed by atoms with van der Waals surface area (Å²) in [6.45, 7) is 4.50. The molecule has 0 aliphatic heterocycles. The Morgan fingerprint density at radius 3 is 2.11 bits per heavy atom. The van der Waals surface area contributed by atoms with Crippen LogP contribution in [-0.4, -0.2) is 94.9 Å². The van der Waals surface area contributed by atoms with Gasteiger partial charge in [-0.15, -0.1) is 0 Å². The second kappa shape index (κ2) is 17.1. The average molecular weight is 545 g/mol. The number of likely N-dealkylation sites (N-methyl/N-ethyl adjacent to an activating group) is 1. The van der Waals surface area contributed by atoms with E-state index >= 15 is 0 Å². The number of rotatable bonds is 9. The van der Waals surface area contributed by atoms with Crippen LogP contribution in [0.5, 0.6) is 0 Å². The van der Waals surface area contributed by atoms with Gasteiger partial charge in [-0.05, 0) is 39.4 Å². The standard InChI is InChI=1S/C12H18N6O3.C6H12F2O.C2H4F2.C2H6O/c1-14-7-12(20,21)17(8-19)5-9-2-11-16-10(3-13)6-18(11)15-4-9;1-5(2,9-4)6(3,7)8;1-2(3)4;1-3-2/h2,4,6,8,14,20-21H,3,5,7,13H2,1H3;1-4H3;2H,1H3;1-2H3. The van der Waals surface area contributed by atoms with E-state index in [1.54, 1.807) is 38.0 Å². The summed E-state index contributed by atoms with van der Waals surface area (Å²) in [6.07, 6.45) is 1.44. The van der Waals surface area contributed by atoms with Crippen LogP contribution in [0.2, 0.25) is 0 Å². The highest BCUT2D eigenvalue weighted by Gasteiger charge is 2.42. The zero-order valence-electron chi connectivity index (χ0n) is 22.5. The number of fused-ring (bicyclic) bond motifs is 1. The number of alkyl halides is 4. The molecule has 0 unspecified atom stereocenters. The minimum atomic E-state index is -2.78. The third-order valence-electron chi connectivity index (χ3n) is 4.56. The number of hydrogen-bond donors (Lipinski definition) is 4. The summed E-state index contributed by atoms with van der Waals surface area (Å²) in [4.78, 5) is 16.2. The summed E-state index contributed by atoms with van der Waals surface area (Å²) < 4.78 is 55.8. The normalized spacial score (nSPS) is 11.6. The van der Waals surface area contributed by atoms with Gasteiger partial charge in [-0.2, -0.15) is 5.10 Å². The maximum Gasteiger partial charge on any atom is 0.273 e. The Morgan fingerprint density at radius 1 is 1.24 bits per heavy atom. The molecule has 0 radical (unpaired) electrons. The van der Waals surface area contributed by atoms with Crippen molar-refractivity contribution in [2.24, 2.45) is 5.73 Å². The second-order valence-corrected chi connectivity index (χ2v) is 8.17. The Hall–Kier alpha value is -2.43. The quantitative estimate of drug-likeness (QED) is 0.210. The van der Waals surface area contributed by atoms with Crippen molar-refractivity contribution in [3.63, 3.8) is 0 Å². The Bertz CT molecular complexity index is 891. The first kappa shape index (κ1) is 36.7. The summed E-state index contributed by atoms with van der Waals surface area (Å²) in [5, 5.41) is 26.4. The lowest BCUT2D eigenvalue weighted by Crippen LogP contribution is -2.53. The summed E-state index contributed by atoms with van der Waals surface area (Å²) in [6, 6.07) is 1.71. The summed E-state index contributed by atoms with van der Waals surface area (Å²) >= 11 is 0. The van der Waals surface area contributed by atoms with Gasteiger partial charge in [0.05, 0.1) is 31.2 Å². The number of amides is 1. The molecule has 5 N–H and O–H groups in total. The topological polar surface area (TPSA) is 147 Å². The maximum atomic E-state index is 12.4. The first-order valence-corrected chi connectivity index (χ1v) is 10.9. The van der Waals surface area contributed by atoms with Gasteiger partial charge in [0.1, 0.15) is 5.60 Å². The van der Waals surface area contributed by atoms with E-state index in [4.69, 9.17) is 5.73 Å². The Kier molecular flexibility index (Phi) is 17.0. The van der Waals surface area contributed by atoms with Crippen molar-refractivity contribution >= 4 is 12.1 Å². The molecule has 15 heteroatoms. The molecule has 2 heterocycles. The van der Waals surface area contributed by atoms with Crippen molar-refractivity contribution < 1.29 is 42.0 Å². The lowest BCUT2D eigenvalue weighted by Gasteiger charge is -2.31. The van der Waals surface area contributed by atoms with Crippen LogP contribution in [0.3, 0.4) is 0 Å². The van der Waals surface area contributed by atoms with Crippen molar-refractivity contribution in [2.45, 2.75) is 64.6 Å². The highest BCUT2D eigenvalue weighted by Crippen LogP contribution is 2.29. The minimum Gasteiger partial charge on any atom is -0.388 e. The number of aromatic nitrogens is 3. The first-order valence-electron chi connectivity index (χ1n) is 10.9. The van der Waals surface area contributed by atoms with Crippen LogP contribution >= 0.6 is 0 Å². The van der Waals surface area contributed by atoms with E-state index in [1.807, 2.05) is 0 Å². The number of aliphatic hydroxyl groups is 2. The fourth-order valence-electron chi connectivity index (χ4n) is 2.11. The number of imidazole rings is 1. The fourth-order valence-corrected chi connectivity index (χ4v) is 2.11. The Labute approximate surface area is 214 Å². The Balaban J connectivity index is 0. The molecule has 0 saturated carbocycles. The van der Waals surface area contributed by atoms with Gasteiger partial charge >= 0.3 is 0 Å². The maximum absolute atomic E-state index is 12.4. The Morgan fingerprint density at radius 2 is 1.76 bits per heavy atom. The minimum absolute atomic E-state index is 0.00744. The van der Waals surface area contributed by atoms with E-state index in [1.165, 1.54) is 27.2 Å². The molecule has 37 heavy (non-hydrogen) atoms. The molecule has 2 rings (SSSR count). The number of carbonyl (C=O) groups is 1. The molecule has 11 nitrogen and oxygen atoms in total. The van der Waals surface area contributed by atoms with E-state index in [0.717, 1.165) is 18.7 Å². The van der Waals surface area contributed by atoms with Crippen molar-refractivity contribution in [1.29, 1.82) is 0 Å². The molecule has 0 spiro atoms. The molecule has 0 aliphatic carbocycles. The third-order valence-corrected chi connectivity index (χ3v) is 4.56. The van der Waals surface area contributed by atoms with Gasteiger partial charge in [-0.25, -0.2) is 27.1 Å². The zero-order valence-corrected chi connectivity index (χ0v) is 22.5. The lowest BCUT2D eigenvalue weighted by molar-refractivity contribution is -0.250. The molecule has 216 valence electrons. The molecule has 0 aliphatic rings. The van der Waals surface area contributed by atoms with Gasteiger partial charge < -0.3 is 30.7 Å². The number of nitrogens with one attached hydrogen (secondary N) is 1. The van der Waals surface area contributed by atoms with Gasteiger partial charge in [-0.3, -0.25) is 9.69 Å². The number of nitrogens with zero attached hydrogens (tertiary/aromatic N) is 4. The molecular weight excluding hydrogens is 504 g/mol. The van der Waals surface area contributed by atoms with E-state index in [0.29, 0.717) is 29.9 Å². The number of nitrogens with two attached hydrogens (primary N) is 1. The largest absolute Gasteiger partial charge is 0.388 e. The fraction of sp³-hybridized carbons (Fsp3) is 0.682. The summed E-state index contributed by atoms with van der Waals surface area (Å²) in [5.74, 6) is -5.05. The predicted molar refractivity (Wildman–Crippen MR) is 130 cm³/mol. The third kappa shape index (κ3) is 14.2. The van der Waals surface area contributed by atoms with Crippen molar-refractivity contribution in [2.75, 3.05) is 34.9 Å². The smallest absolute Gasteiger partial charge is 0.273 e. The molecular formula is C22H40F4N6O5. The molecule has 0 bridgehead atoms. The molecule has 1 amide bonds. The van der Waals surface area contributed by atoms with Gasteiger partial charge in [0.25, 0.3) is 11.8 Å². The molecule has 0 aromatic carbocycles. The van der Waals surface area contributed by atoms with Crippen molar-refractivity contribution in [3.05, 3.63) is 29.7 Å². The van der Waals surface area contributed by atoms with Crippen molar-refractivity contribution in [1.82, 2.24) is 24.8 Å². The average Bonchev–Trinajstić information content (AvgIpc) is 3.19. The molecule has 2 aromatic rings. The monoisotopic (exact) mass is 544 g/mol. The van der Waals surface area contributed by atoms with Crippen LogP contribution in [0.15, 0.2) is 18.5 Å². The van der Waals surface area contributed by atoms with Gasteiger partial charge in [-0.1, -0.05) is 0 Å².